The summed E-state index contributed by atoms with van der Waals surface area (Å²) in [5.41, 5.74) is 5.17. The number of nitro groups is 1. The number of nitrogens with two attached hydrogens (primary N) is 1. The van der Waals surface area contributed by atoms with Crippen LogP contribution in [0.25, 0.3) is 0 Å². The Morgan fingerprint density at radius 3 is 2.89 bits per heavy atom. The van der Waals surface area contributed by atoms with Crippen LogP contribution in [0.2, 0.25) is 0 Å². The molecule has 2 rings (SSSR count). The monoisotopic (exact) mass is 268 g/mol. The van der Waals surface area contributed by atoms with E-state index in [1.807, 2.05) is 0 Å². The molecule has 19 heavy (non-hydrogen) atoms. The number of aromatic nitrogens is 2. The molecule has 0 aliphatic heterocycles. The first kappa shape index (κ1) is 13.5. The first-order valence-electron chi connectivity index (χ1n) is 6.06. The van der Waals surface area contributed by atoms with E-state index in [2.05, 4.69) is 9.97 Å². The minimum Gasteiger partial charge on any atom is -0.469 e. The molecule has 0 radical (unpaired) electrons. The summed E-state index contributed by atoms with van der Waals surface area (Å²) < 4.78 is 10.9. The number of hydrogen-bond acceptors (Lipinski definition) is 7. The van der Waals surface area contributed by atoms with Gasteiger partial charge in [-0.3, -0.25) is 10.1 Å². The number of nitrogen functional groups attached to an aromatic ring is 1. The Balaban J connectivity index is 2.13. The minimum absolute atomic E-state index is 0.0419. The highest BCUT2D eigenvalue weighted by Gasteiger charge is 2.27. The summed E-state index contributed by atoms with van der Waals surface area (Å²) in [5, 5.41) is 10.9. The number of rotatable bonds is 4. The molecule has 2 atom stereocenters. The number of anilines is 1. The lowest BCUT2D eigenvalue weighted by atomic mass is 9.95. The van der Waals surface area contributed by atoms with Crippen LogP contribution in [0.1, 0.15) is 25.7 Å². The van der Waals surface area contributed by atoms with Gasteiger partial charge in [-0.25, -0.2) is 4.98 Å². The fraction of sp³-hybridized carbons (Fsp3) is 0.636. The van der Waals surface area contributed by atoms with Gasteiger partial charge in [-0.1, -0.05) is 0 Å². The van der Waals surface area contributed by atoms with Crippen molar-refractivity contribution in [2.75, 3.05) is 12.8 Å². The van der Waals surface area contributed by atoms with E-state index in [1.165, 1.54) is 0 Å². The summed E-state index contributed by atoms with van der Waals surface area (Å²) in [7, 11) is 1.65. The molecule has 0 amide bonds. The van der Waals surface area contributed by atoms with E-state index in [0.717, 1.165) is 25.5 Å². The molecule has 8 nitrogen and oxygen atoms in total. The Labute approximate surface area is 110 Å². The van der Waals surface area contributed by atoms with Crippen LogP contribution in [0.3, 0.4) is 0 Å². The molecule has 1 aliphatic rings. The number of nitrogens with zero attached hydrogens (tertiary/aromatic N) is 3. The number of ether oxygens (including phenoxy) is 2. The Hall–Kier alpha value is -1.96. The zero-order valence-electron chi connectivity index (χ0n) is 10.6. The molecule has 1 aromatic heterocycles. The van der Waals surface area contributed by atoms with Gasteiger partial charge in [0.2, 0.25) is 5.95 Å². The third-order valence-corrected chi connectivity index (χ3v) is 3.14. The summed E-state index contributed by atoms with van der Waals surface area (Å²) in [6, 6.07) is 0. The lowest BCUT2D eigenvalue weighted by Crippen LogP contribution is -2.30. The highest BCUT2D eigenvalue weighted by molar-refractivity contribution is 5.41. The van der Waals surface area contributed by atoms with E-state index >= 15 is 0 Å². The molecular weight excluding hydrogens is 252 g/mol. The van der Waals surface area contributed by atoms with Gasteiger partial charge in [-0.15, -0.1) is 0 Å². The SMILES string of the molecule is COC1CCCC(Oc2nc(N)ncc2[N+](=O)[O-])C1. The van der Waals surface area contributed by atoms with Crippen LogP contribution in [0.5, 0.6) is 5.88 Å². The Morgan fingerprint density at radius 1 is 1.47 bits per heavy atom. The van der Waals surface area contributed by atoms with Crippen molar-refractivity contribution in [3.05, 3.63) is 16.3 Å². The van der Waals surface area contributed by atoms with E-state index in [-0.39, 0.29) is 29.7 Å². The summed E-state index contributed by atoms with van der Waals surface area (Å²) in [6.07, 6.45) is 4.48. The van der Waals surface area contributed by atoms with E-state index < -0.39 is 4.92 Å². The third-order valence-electron chi connectivity index (χ3n) is 3.14. The molecule has 1 fully saturated rings. The zero-order valence-corrected chi connectivity index (χ0v) is 10.6. The fourth-order valence-corrected chi connectivity index (χ4v) is 2.17. The van der Waals surface area contributed by atoms with E-state index in [1.54, 1.807) is 7.11 Å². The molecule has 1 saturated carbocycles. The van der Waals surface area contributed by atoms with Gasteiger partial charge in [0.1, 0.15) is 12.3 Å². The summed E-state index contributed by atoms with van der Waals surface area (Å²) >= 11 is 0. The first-order chi connectivity index (χ1) is 9.10. The van der Waals surface area contributed by atoms with Crippen molar-refractivity contribution in [1.82, 2.24) is 9.97 Å². The van der Waals surface area contributed by atoms with Crippen LogP contribution in [0, 0.1) is 10.1 Å². The van der Waals surface area contributed by atoms with Gasteiger partial charge in [0, 0.05) is 13.5 Å². The van der Waals surface area contributed by atoms with Gasteiger partial charge in [-0.05, 0) is 19.3 Å². The van der Waals surface area contributed by atoms with Crippen molar-refractivity contribution in [2.24, 2.45) is 0 Å². The lowest BCUT2D eigenvalue weighted by Gasteiger charge is -2.28. The van der Waals surface area contributed by atoms with Crippen molar-refractivity contribution in [3.8, 4) is 5.88 Å². The Morgan fingerprint density at radius 2 is 2.21 bits per heavy atom. The summed E-state index contributed by atoms with van der Waals surface area (Å²) in [4.78, 5) is 17.7. The molecule has 1 aromatic rings. The highest BCUT2D eigenvalue weighted by Crippen LogP contribution is 2.29. The van der Waals surface area contributed by atoms with E-state index in [0.29, 0.717) is 6.42 Å². The molecule has 104 valence electrons. The fourth-order valence-electron chi connectivity index (χ4n) is 2.17. The van der Waals surface area contributed by atoms with Crippen molar-refractivity contribution in [1.29, 1.82) is 0 Å². The van der Waals surface area contributed by atoms with Gasteiger partial charge < -0.3 is 15.2 Å². The molecule has 8 heteroatoms. The number of hydrogen-bond donors (Lipinski definition) is 1. The molecule has 2 unspecified atom stereocenters. The zero-order chi connectivity index (χ0) is 13.8. The minimum atomic E-state index is -0.578. The average molecular weight is 268 g/mol. The van der Waals surface area contributed by atoms with Gasteiger partial charge >= 0.3 is 5.69 Å². The second-order valence-corrected chi connectivity index (χ2v) is 4.44. The van der Waals surface area contributed by atoms with Crippen molar-refractivity contribution < 1.29 is 14.4 Å². The largest absolute Gasteiger partial charge is 0.469 e. The maximum absolute atomic E-state index is 10.9. The Bertz CT molecular complexity index is 468. The normalized spacial score (nSPS) is 23.0. The van der Waals surface area contributed by atoms with Gasteiger partial charge in [0.25, 0.3) is 5.88 Å². The van der Waals surface area contributed by atoms with Gasteiger partial charge in [0.15, 0.2) is 0 Å². The smallest absolute Gasteiger partial charge is 0.349 e. The molecule has 0 aromatic carbocycles. The maximum Gasteiger partial charge on any atom is 0.349 e. The molecule has 0 spiro atoms. The highest BCUT2D eigenvalue weighted by atomic mass is 16.6. The molecule has 0 bridgehead atoms. The second kappa shape index (κ2) is 5.79. The predicted molar refractivity (Wildman–Crippen MR) is 66.8 cm³/mol. The molecule has 1 heterocycles. The summed E-state index contributed by atoms with van der Waals surface area (Å²) in [6.45, 7) is 0. The first-order valence-corrected chi connectivity index (χ1v) is 6.06. The standard InChI is InChI=1S/C11H16N4O4/c1-18-7-3-2-4-8(5-7)19-10-9(15(16)17)6-13-11(12)14-10/h6-8H,2-5H2,1H3,(H2,12,13,14). The Kier molecular flexibility index (Phi) is 4.10. The third kappa shape index (κ3) is 3.28. The second-order valence-electron chi connectivity index (χ2n) is 4.44. The number of methoxy groups -OCH3 is 1. The predicted octanol–water partition coefficient (Wildman–Crippen LogP) is 1.30. The van der Waals surface area contributed by atoms with Crippen LogP contribution in [-0.2, 0) is 4.74 Å². The van der Waals surface area contributed by atoms with Gasteiger partial charge in [-0.2, -0.15) is 4.98 Å². The van der Waals surface area contributed by atoms with Crippen LogP contribution in [-0.4, -0.2) is 34.2 Å². The van der Waals surface area contributed by atoms with Crippen molar-refractivity contribution in [2.45, 2.75) is 37.9 Å². The maximum atomic E-state index is 10.9. The van der Waals surface area contributed by atoms with Crippen LogP contribution in [0.4, 0.5) is 11.6 Å². The summed E-state index contributed by atoms with van der Waals surface area (Å²) in [5.74, 6) is -0.112. The van der Waals surface area contributed by atoms with Crippen LogP contribution >= 0.6 is 0 Å². The van der Waals surface area contributed by atoms with Crippen LogP contribution in [0.15, 0.2) is 6.20 Å². The molecular formula is C11H16N4O4. The van der Waals surface area contributed by atoms with Gasteiger partial charge in [0.05, 0.1) is 11.0 Å². The average Bonchev–Trinajstić information content (AvgIpc) is 2.38. The lowest BCUT2D eigenvalue weighted by molar-refractivity contribution is -0.386. The van der Waals surface area contributed by atoms with Crippen molar-refractivity contribution in [3.63, 3.8) is 0 Å². The van der Waals surface area contributed by atoms with E-state index in [9.17, 15) is 10.1 Å². The molecule has 0 saturated heterocycles. The van der Waals surface area contributed by atoms with E-state index in [4.69, 9.17) is 15.2 Å². The van der Waals surface area contributed by atoms with Crippen molar-refractivity contribution >= 4 is 11.6 Å². The quantitative estimate of drug-likeness (QED) is 0.646. The molecule has 1 aliphatic carbocycles. The topological polar surface area (TPSA) is 113 Å². The van der Waals surface area contributed by atoms with Crippen LogP contribution < -0.4 is 10.5 Å². The molecule has 2 N–H and O–H groups in total.